The van der Waals surface area contributed by atoms with Crippen LogP contribution in [0, 0.1) is 10.6 Å². The largest absolute Gasteiger partial charge is 0.366 e. The number of halogens is 3. The highest BCUT2D eigenvalue weighted by Gasteiger charge is 2.22. The quantitative estimate of drug-likeness (QED) is 0.671. The summed E-state index contributed by atoms with van der Waals surface area (Å²) in [6.07, 6.45) is -1.41. The van der Waals surface area contributed by atoms with Gasteiger partial charge in [-0.1, -0.05) is 0 Å². The van der Waals surface area contributed by atoms with Gasteiger partial charge in [-0.25, -0.2) is 13.8 Å². The van der Waals surface area contributed by atoms with E-state index in [1.165, 1.54) is 13.1 Å². The van der Waals surface area contributed by atoms with Crippen LogP contribution in [0.5, 0.6) is 0 Å². The lowest BCUT2D eigenvalue weighted by Gasteiger charge is -2.09. The Morgan fingerprint density at radius 2 is 2.21 bits per heavy atom. The Morgan fingerprint density at radius 3 is 2.57 bits per heavy atom. The number of hydrogen-bond acceptors (Lipinski definition) is 2. The maximum atomic E-state index is 12.6. The van der Waals surface area contributed by atoms with E-state index in [2.05, 4.69) is 4.98 Å². The van der Waals surface area contributed by atoms with E-state index in [0.29, 0.717) is 0 Å². The molecule has 0 saturated heterocycles. The van der Waals surface area contributed by atoms with Gasteiger partial charge in [0, 0.05) is 11.8 Å². The molecular weight excluding hydrogens is 305 g/mol. The van der Waals surface area contributed by atoms with Crippen molar-refractivity contribution in [2.45, 2.75) is 13.3 Å². The Morgan fingerprint density at radius 1 is 1.64 bits per heavy atom. The summed E-state index contributed by atoms with van der Waals surface area (Å²) in [4.78, 5) is 14.7. The van der Waals surface area contributed by atoms with Crippen molar-refractivity contribution in [1.82, 2.24) is 4.98 Å². The highest BCUT2D eigenvalue weighted by molar-refractivity contribution is 14.1. The van der Waals surface area contributed by atoms with E-state index in [1.807, 2.05) is 0 Å². The van der Waals surface area contributed by atoms with Crippen LogP contribution in [-0.4, -0.2) is 10.9 Å². The fourth-order valence-electron chi connectivity index (χ4n) is 1.11. The molecule has 1 aromatic heterocycles. The molecule has 0 aromatic carbocycles. The first-order valence-electron chi connectivity index (χ1n) is 3.68. The Hall–Kier alpha value is -0.790. The zero-order valence-corrected chi connectivity index (χ0v) is 9.38. The first kappa shape index (κ1) is 11.3. The van der Waals surface area contributed by atoms with Gasteiger partial charge in [0.15, 0.2) is 0 Å². The van der Waals surface area contributed by atoms with E-state index in [-0.39, 0.29) is 20.4 Å². The topological polar surface area (TPSA) is 56.0 Å². The van der Waals surface area contributed by atoms with Crippen LogP contribution < -0.4 is 5.73 Å². The van der Waals surface area contributed by atoms with Gasteiger partial charge in [0.05, 0.1) is 5.56 Å². The second-order valence-electron chi connectivity index (χ2n) is 2.69. The molecule has 0 bridgehead atoms. The van der Waals surface area contributed by atoms with Crippen LogP contribution in [0.1, 0.15) is 27.9 Å². The summed E-state index contributed by atoms with van der Waals surface area (Å²) < 4.78 is 25.4. The average Bonchev–Trinajstić information content (AvgIpc) is 2.07. The van der Waals surface area contributed by atoms with Crippen molar-refractivity contribution in [2.75, 3.05) is 0 Å². The second-order valence-corrected chi connectivity index (χ2v) is 3.71. The SMILES string of the molecule is Cc1cnc(I)c(C(N)=O)c1C(F)F. The van der Waals surface area contributed by atoms with E-state index in [4.69, 9.17) is 5.73 Å². The van der Waals surface area contributed by atoms with Gasteiger partial charge in [-0.2, -0.15) is 0 Å². The number of pyridine rings is 1. The molecule has 0 fully saturated rings. The summed E-state index contributed by atoms with van der Waals surface area (Å²) in [6.45, 7) is 1.47. The third kappa shape index (κ3) is 1.99. The van der Waals surface area contributed by atoms with Gasteiger partial charge in [0.1, 0.15) is 3.70 Å². The molecule has 0 saturated carbocycles. The number of hydrogen-bond donors (Lipinski definition) is 1. The molecule has 0 unspecified atom stereocenters. The lowest BCUT2D eigenvalue weighted by atomic mass is 10.1. The van der Waals surface area contributed by atoms with E-state index in [9.17, 15) is 13.6 Å². The maximum Gasteiger partial charge on any atom is 0.265 e. The third-order valence-corrected chi connectivity index (χ3v) is 2.55. The molecule has 1 aromatic rings. The molecule has 0 atom stereocenters. The lowest BCUT2D eigenvalue weighted by Crippen LogP contribution is -2.17. The summed E-state index contributed by atoms with van der Waals surface area (Å²) in [6, 6.07) is 0. The molecule has 0 aliphatic heterocycles. The molecule has 0 spiro atoms. The van der Waals surface area contributed by atoms with Crippen molar-refractivity contribution in [3.63, 3.8) is 0 Å². The first-order valence-corrected chi connectivity index (χ1v) is 4.76. The van der Waals surface area contributed by atoms with Gasteiger partial charge in [-0.05, 0) is 35.1 Å². The number of aromatic nitrogens is 1. The summed E-state index contributed by atoms with van der Waals surface area (Å²) in [7, 11) is 0. The van der Waals surface area contributed by atoms with E-state index in [0.717, 1.165) is 0 Å². The van der Waals surface area contributed by atoms with Crippen LogP contribution in [0.15, 0.2) is 6.20 Å². The Balaban J connectivity index is 3.50. The minimum atomic E-state index is -2.71. The Bertz CT molecular complexity index is 382. The second kappa shape index (κ2) is 4.16. The van der Waals surface area contributed by atoms with Crippen molar-refractivity contribution in [3.05, 3.63) is 26.6 Å². The Kier molecular flexibility index (Phi) is 3.35. The maximum absolute atomic E-state index is 12.6. The summed E-state index contributed by atoms with van der Waals surface area (Å²) in [5.41, 5.74) is 4.78. The van der Waals surface area contributed by atoms with Gasteiger partial charge in [-0.15, -0.1) is 0 Å². The van der Waals surface area contributed by atoms with Gasteiger partial charge < -0.3 is 5.73 Å². The van der Waals surface area contributed by atoms with Gasteiger partial charge in [-0.3, -0.25) is 4.79 Å². The number of carbonyl (C=O) groups excluding carboxylic acids is 1. The summed E-state index contributed by atoms with van der Waals surface area (Å²) in [5, 5.41) is 0. The number of carbonyl (C=O) groups is 1. The van der Waals surface area contributed by atoms with Crippen molar-refractivity contribution in [1.29, 1.82) is 0 Å². The molecule has 76 valence electrons. The monoisotopic (exact) mass is 312 g/mol. The van der Waals surface area contributed by atoms with Gasteiger partial charge in [0.2, 0.25) is 0 Å². The van der Waals surface area contributed by atoms with Crippen LogP contribution in [0.4, 0.5) is 8.78 Å². The van der Waals surface area contributed by atoms with E-state index in [1.54, 1.807) is 22.6 Å². The molecule has 1 amide bonds. The highest BCUT2D eigenvalue weighted by Crippen LogP contribution is 2.27. The average molecular weight is 312 g/mol. The van der Waals surface area contributed by atoms with Crippen molar-refractivity contribution in [3.8, 4) is 0 Å². The highest BCUT2D eigenvalue weighted by atomic mass is 127. The van der Waals surface area contributed by atoms with Crippen molar-refractivity contribution >= 4 is 28.5 Å². The van der Waals surface area contributed by atoms with Crippen LogP contribution in [-0.2, 0) is 0 Å². The molecule has 1 heterocycles. The number of nitrogens with zero attached hydrogens (tertiary/aromatic N) is 1. The molecule has 2 N–H and O–H groups in total. The molecule has 3 nitrogen and oxygen atoms in total. The number of amides is 1. The third-order valence-electron chi connectivity index (χ3n) is 1.74. The van der Waals surface area contributed by atoms with Crippen LogP contribution in [0.3, 0.4) is 0 Å². The first-order chi connectivity index (χ1) is 6.45. The van der Waals surface area contributed by atoms with E-state index >= 15 is 0 Å². The number of aryl methyl sites for hydroxylation is 1. The minimum Gasteiger partial charge on any atom is -0.366 e. The van der Waals surface area contributed by atoms with Crippen LogP contribution in [0.2, 0.25) is 0 Å². The molecule has 0 aliphatic carbocycles. The zero-order chi connectivity index (χ0) is 10.9. The number of nitrogens with two attached hydrogens (primary N) is 1. The molecule has 1 rings (SSSR count). The predicted octanol–water partition coefficient (Wildman–Crippen LogP) is 2.03. The van der Waals surface area contributed by atoms with Crippen LogP contribution in [0.25, 0.3) is 0 Å². The van der Waals surface area contributed by atoms with Crippen LogP contribution >= 0.6 is 22.6 Å². The van der Waals surface area contributed by atoms with Gasteiger partial charge >= 0.3 is 0 Å². The fourth-order valence-corrected chi connectivity index (χ4v) is 1.81. The number of alkyl halides is 2. The smallest absolute Gasteiger partial charge is 0.265 e. The molecular formula is C8H7F2IN2O. The Labute approximate surface area is 92.8 Å². The zero-order valence-electron chi connectivity index (χ0n) is 7.22. The molecule has 0 aliphatic rings. The number of primary amides is 1. The molecule has 6 heteroatoms. The normalized spacial score (nSPS) is 10.6. The predicted molar refractivity (Wildman–Crippen MR) is 55.2 cm³/mol. The fraction of sp³-hybridized carbons (Fsp3) is 0.250. The van der Waals surface area contributed by atoms with Crippen molar-refractivity contribution in [2.24, 2.45) is 5.73 Å². The summed E-state index contributed by atoms with van der Waals surface area (Å²) >= 11 is 1.71. The van der Waals surface area contributed by atoms with Crippen molar-refractivity contribution < 1.29 is 13.6 Å². The standard InChI is InChI=1S/C8H7F2IN2O/c1-3-2-13-7(11)5(8(12)14)4(3)6(9)10/h2,6H,1H3,(H2,12,14). The van der Waals surface area contributed by atoms with Gasteiger partial charge in [0.25, 0.3) is 12.3 Å². The summed E-state index contributed by atoms with van der Waals surface area (Å²) in [5.74, 6) is -0.874. The van der Waals surface area contributed by atoms with E-state index < -0.39 is 12.3 Å². The minimum absolute atomic E-state index is 0.180. The molecule has 0 radical (unpaired) electrons. The molecule has 14 heavy (non-hydrogen) atoms. The number of rotatable bonds is 2. The lowest BCUT2D eigenvalue weighted by molar-refractivity contribution is 0.0984.